The molecule has 0 fully saturated rings. The first-order valence-electron chi connectivity index (χ1n) is 11.1. The SMILES string of the molecule is C/C(=N/NC(=O)c1ccc(N(Cc2ccc(Cl)cc2)S(C)(=O)=O)cc1)c1ccc(C(C)(C)C)cc1. The zero-order valence-electron chi connectivity index (χ0n) is 20.5. The van der Waals surface area contributed by atoms with Gasteiger partial charge in [0.2, 0.25) is 10.0 Å². The van der Waals surface area contributed by atoms with Gasteiger partial charge in [-0.15, -0.1) is 0 Å². The summed E-state index contributed by atoms with van der Waals surface area (Å²) in [5.41, 5.74) is 7.07. The predicted octanol–water partition coefficient (Wildman–Crippen LogP) is 5.76. The summed E-state index contributed by atoms with van der Waals surface area (Å²) in [5.74, 6) is -0.384. The number of anilines is 1. The molecule has 184 valence electrons. The van der Waals surface area contributed by atoms with Crippen LogP contribution in [0.15, 0.2) is 77.9 Å². The molecule has 0 saturated heterocycles. The fraction of sp³-hybridized carbons (Fsp3) is 0.259. The van der Waals surface area contributed by atoms with Crippen LogP contribution in [-0.2, 0) is 22.0 Å². The maximum Gasteiger partial charge on any atom is 0.271 e. The lowest BCUT2D eigenvalue weighted by Crippen LogP contribution is -2.29. The Balaban J connectivity index is 1.71. The number of amides is 1. The molecule has 0 atom stereocenters. The van der Waals surface area contributed by atoms with Gasteiger partial charge in [-0.05, 0) is 65.4 Å². The number of benzene rings is 3. The molecule has 0 heterocycles. The van der Waals surface area contributed by atoms with Crippen LogP contribution in [0.5, 0.6) is 0 Å². The Morgan fingerprint density at radius 1 is 0.914 bits per heavy atom. The molecule has 0 aromatic heterocycles. The van der Waals surface area contributed by atoms with Crippen LogP contribution in [0.2, 0.25) is 5.02 Å². The Labute approximate surface area is 212 Å². The number of halogens is 1. The minimum absolute atomic E-state index is 0.0610. The van der Waals surface area contributed by atoms with Crippen molar-refractivity contribution >= 4 is 38.9 Å². The zero-order valence-corrected chi connectivity index (χ0v) is 22.1. The second-order valence-electron chi connectivity index (χ2n) is 9.41. The molecule has 3 rings (SSSR count). The van der Waals surface area contributed by atoms with E-state index in [4.69, 9.17) is 11.6 Å². The highest BCUT2D eigenvalue weighted by Gasteiger charge is 2.19. The monoisotopic (exact) mass is 511 g/mol. The first-order valence-corrected chi connectivity index (χ1v) is 13.3. The largest absolute Gasteiger partial charge is 0.271 e. The van der Waals surface area contributed by atoms with Crippen molar-refractivity contribution in [2.45, 2.75) is 39.7 Å². The number of carbonyl (C=O) groups is 1. The summed E-state index contributed by atoms with van der Waals surface area (Å²) in [5, 5.41) is 4.80. The topological polar surface area (TPSA) is 78.8 Å². The smallest absolute Gasteiger partial charge is 0.267 e. The van der Waals surface area contributed by atoms with E-state index in [0.29, 0.717) is 22.0 Å². The van der Waals surface area contributed by atoms with Gasteiger partial charge in [0.25, 0.3) is 5.91 Å². The molecule has 6 nitrogen and oxygen atoms in total. The van der Waals surface area contributed by atoms with Crippen LogP contribution in [0.4, 0.5) is 5.69 Å². The fourth-order valence-corrected chi connectivity index (χ4v) is 4.42. The van der Waals surface area contributed by atoms with Gasteiger partial charge in [0.05, 0.1) is 24.2 Å². The highest BCUT2D eigenvalue weighted by Crippen LogP contribution is 2.23. The summed E-state index contributed by atoms with van der Waals surface area (Å²) >= 11 is 5.93. The van der Waals surface area contributed by atoms with E-state index in [2.05, 4.69) is 43.4 Å². The van der Waals surface area contributed by atoms with Crippen LogP contribution < -0.4 is 9.73 Å². The van der Waals surface area contributed by atoms with Crippen molar-refractivity contribution in [2.75, 3.05) is 10.6 Å². The number of rotatable bonds is 7. The van der Waals surface area contributed by atoms with Gasteiger partial charge >= 0.3 is 0 Å². The van der Waals surface area contributed by atoms with E-state index in [0.717, 1.165) is 17.4 Å². The van der Waals surface area contributed by atoms with Crippen molar-refractivity contribution in [2.24, 2.45) is 5.10 Å². The molecular formula is C27H30ClN3O3S. The predicted molar refractivity (Wildman–Crippen MR) is 144 cm³/mol. The third kappa shape index (κ3) is 7.16. The van der Waals surface area contributed by atoms with Gasteiger partial charge in [-0.25, -0.2) is 13.8 Å². The molecule has 1 amide bonds. The molecule has 0 aliphatic carbocycles. The summed E-state index contributed by atoms with van der Waals surface area (Å²) in [4.78, 5) is 12.6. The molecule has 35 heavy (non-hydrogen) atoms. The summed E-state index contributed by atoms with van der Waals surface area (Å²) in [7, 11) is -3.55. The average molecular weight is 512 g/mol. The normalized spacial score (nSPS) is 12.3. The van der Waals surface area contributed by atoms with Gasteiger partial charge in [-0.1, -0.05) is 68.8 Å². The van der Waals surface area contributed by atoms with E-state index < -0.39 is 10.0 Å². The number of hydrogen-bond acceptors (Lipinski definition) is 4. The molecule has 1 N–H and O–H groups in total. The van der Waals surface area contributed by atoms with Gasteiger partial charge in [-0.2, -0.15) is 5.10 Å². The van der Waals surface area contributed by atoms with Gasteiger partial charge in [0.15, 0.2) is 0 Å². The highest BCUT2D eigenvalue weighted by atomic mass is 35.5. The Bertz CT molecular complexity index is 1310. The van der Waals surface area contributed by atoms with E-state index >= 15 is 0 Å². The summed E-state index contributed by atoms with van der Waals surface area (Å²) in [6.07, 6.45) is 1.15. The standard InChI is InChI=1S/C27H30ClN3O3S/c1-19(21-8-12-23(13-9-21)27(2,3)4)29-30-26(32)22-10-16-25(17-11-22)31(35(5,33)34)18-20-6-14-24(28)15-7-20/h6-17H,18H2,1-5H3,(H,30,32)/b29-19-. The molecule has 0 saturated carbocycles. The summed E-state index contributed by atoms with van der Waals surface area (Å²) in [6.45, 7) is 8.44. The molecule has 0 aliphatic heterocycles. The first-order chi connectivity index (χ1) is 16.3. The Morgan fingerprint density at radius 2 is 1.46 bits per heavy atom. The van der Waals surface area contributed by atoms with E-state index in [1.54, 1.807) is 48.5 Å². The maximum atomic E-state index is 12.6. The first kappa shape index (κ1) is 26.4. The molecule has 0 bridgehead atoms. The Kier molecular flexibility index (Phi) is 8.03. The number of carbonyl (C=O) groups excluding carboxylic acids is 1. The van der Waals surface area contributed by atoms with Gasteiger partial charge in [0, 0.05) is 10.6 Å². The molecule has 0 radical (unpaired) electrons. The Morgan fingerprint density at radius 3 is 1.97 bits per heavy atom. The number of sulfonamides is 1. The summed E-state index contributed by atoms with van der Waals surface area (Å²) < 4.78 is 26.1. The van der Waals surface area contributed by atoms with E-state index in [1.807, 2.05) is 19.1 Å². The quantitative estimate of drug-likeness (QED) is 0.323. The van der Waals surface area contributed by atoms with Crippen LogP contribution in [-0.4, -0.2) is 26.3 Å². The van der Waals surface area contributed by atoms with Crippen molar-refractivity contribution in [3.63, 3.8) is 0 Å². The molecule has 8 heteroatoms. The minimum atomic E-state index is -3.55. The van der Waals surface area contributed by atoms with Crippen LogP contribution in [0.25, 0.3) is 0 Å². The number of hydrogen-bond donors (Lipinski definition) is 1. The second-order valence-corrected chi connectivity index (χ2v) is 11.8. The third-order valence-electron chi connectivity index (χ3n) is 5.55. The third-order valence-corrected chi connectivity index (χ3v) is 6.94. The molecule has 0 aliphatic rings. The fourth-order valence-electron chi connectivity index (χ4n) is 3.41. The van der Waals surface area contributed by atoms with E-state index in [9.17, 15) is 13.2 Å². The molecule has 3 aromatic carbocycles. The van der Waals surface area contributed by atoms with E-state index in [1.165, 1.54) is 9.87 Å². The average Bonchev–Trinajstić information content (AvgIpc) is 2.81. The minimum Gasteiger partial charge on any atom is -0.267 e. The zero-order chi connectivity index (χ0) is 25.8. The lowest BCUT2D eigenvalue weighted by molar-refractivity contribution is 0.0955. The number of hydrazone groups is 1. The van der Waals surface area contributed by atoms with Crippen LogP contribution >= 0.6 is 11.6 Å². The van der Waals surface area contributed by atoms with Gasteiger partial charge in [-0.3, -0.25) is 9.10 Å². The van der Waals surface area contributed by atoms with Gasteiger partial charge < -0.3 is 0 Å². The molecule has 0 unspecified atom stereocenters. The Hall–Kier alpha value is -3.16. The van der Waals surface area contributed by atoms with Crippen LogP contribution in [0.1, 0.15) is 54.7 Å². The van der Waals surface area contributed by atoms with Crippen molar-refractivity contribution < 1.29 is 13.2 Å². The number of nitrogens with one attached hydrogen (secondary N) is 1. The van der Waals surface area contributed by atoms with Gasteiger partial charge in [0.1, 0.15) is 0 Å². The van der Waals surface area contributed by atoms with Crippen molar-refractivity contribution in [1.29, 1.82) is 0 Å². The summed E-state index contributed by atoms with van der Waals surface area (Å²) in [6, 6.07) is 21.4. The molecule has 3 aromatic rings. The van der Waals surface area contributed by atoms with Crippen molar-refractivity contribution in [1.82, 2.24) is 5.43 Å². The maximum absolute atomic E-state index is 12.6. The lowest BCUT2D eigenvalue weighted by atomic mass is 9.86. The van der Waals surface area contributed by atoms with Crippen LogP contribution in [0.3, 0.4) is 0 Å². The second kappa shape index (κ2) is 10.6. The number of nitrogens with zero attached hydrogens (tertiary/aromatic N) is 2. The van der Waals surface area contributed by atoms with Crippen molar-refractivity contribution in [3.8, 4) is 0 Å². The molecule has 0 spiro atoms. The van der Waals surface area contributed by atoms with Crippen LogP contribution in [0, 0.1) is 0 Å². The molecular weight excluding hydrogens is 482 g/mol. The lowest BCUT2D eigenvalue weighted by Gasteiger charge is -2.22. The van der Waals surface area contributed by atoms with E-state index in [-0.39, 0.29) is 17.9 Å². The van der Waals surface area contributed by atoms with Crippen molar-refractivity contribution in [3.05, 3.63) is 100 Å². The highest BCUT2D eigenvalue weighted by molar-refractivity contribution is 7.92.